The molecule has 120 valence electrons. The maximum Gasteiger partial charge on any atom is 0.190 e. The molecule has 22 heavy (non-hydrogen) atoms. The Bertz CT molecular complexity index is 533. The second-order valence-corrected chi connectivity index (χ2v) is 6.27. The van der Waals surface area contributed by atoms with Gasteiger partial charge in [0.15, 0.2) is 18.4 Å². The summed E-state index contributed by atoms with van der Waals surface area (Å²) in [5.74, 6) is -0.696. The average Bonchev–Trinajstić information content (AvgIpc) is 2.99. The highest BCUT2D eigenvalue weighted by molar-refractivity contribution is 5.17. The molecule has 3 aliphatic rings. The molecule has 3 heterocycles. The van der Waals surface area contributed by atoms with E-state index in [0.29, 0.717) is 0 Å². The SMILES string of the molecule is CC1(C)OC2OC3C(OC(c4ccccc4)O[C@@H]3CO)C2O1. The van der Waals surface area contributed by atoms with E-state index >= 15 is 0 Å². The van der Waals surface area contributed by atoms with Crippen molar-refractivity contribution in [3.8, 4) is 0 Å². The van der Waals surface area contributed by atoms with E-state index in [-0.39, 0.29) is 18.8 Å². The lowest BCUT2D eigenvalue weighted by Gasteiger charge is -2.39. The quantitative estimate of drug-likeness (QED) is 0.889. The summed E-state index contributed by atoms with van der Waals surface area (Å²) < 4.78 is 29.4. The van der Waals surface area contributed by atoms with Gasteiger partial charge in [-0.3, -0.25) is 0 Å². The zero-order chi connectivity index (χ0) is 15.3. The van der Waals surface area contributed by atoms with Gasteiger partial charge in [0, 0.05) is 5.56 Å². The summed E-state index contributed by atoms with van der Waals surface area (Å²) in [6, 6.07) is 9.65. The number of fused-ring (bicyclic) bond motifs is 3. The molecule has 5 unspecified atom stereocenters. The third kappa shape index (κ3) is 2.36. The van der Waals surface area contributed by atoms with Crippen molar-refractivity contribution in [2.24, 2.45) is 0 Å². The van der Waals surface area contributed by atoms with Crippen LogP contribution in [0, 0.1) is 0 Å². The van der Waals surface area contributed by atoms with Gasteiger partial charge in [0.25, 0.3) is 0 Å². The van der Waals surface area contributed by atoms with Gasteiger partial charge in [0.05, 0.1) is 6.61 Å². The van der Waals surface area contributed by atoms with Crippen LogP contribution in [0.15, 0.2) is 30.3 Å². The minimum atomic E-state index is -0.696. The molecule has 6 atom stereocenters. The van der Waals surface area contributed by atoms with Crippen molar-refractivity contribution in [1.82, 2.24) is 0 Å². The van der Waals surface area contributed by atoms with Crippen molar-refractivity contribution >= 4 is 0 Å². The fraction of sp³-hybridized carbons (Fsp3) is 0.625. The molecule has 1 aromatic rings. The second kappa shape index (κ2) is 5.26. The standard InChI is InChI=1S/C16H20O6/c1-16(2)21-13-12-11(19-15(13)22-16)10(8-17)18-14(20-12)9-6-4-3-5-7-9/h3-7,10-15,17H,8H2,1-2H3/t10-,11?,12?,13?,14?,15?/m1/s1. The lowest BCUT2D eigenvalue weighted by atomic mass is 10.0. The van der Waals surface area contributed by atoms with Gasteiger partial charge in [-0.25, -0.2) is 0 Å². The first-order chi connectivity index (χ1) is 10.6. The van der Waals surface area contributed by atoms with Crippen LogP contribution in [0.25, 0.3) is 0 Å². The van der Waals surface area contributed by atoms with Crippen LogP contribution in [0.2, 0.25) is 0 Å². The van der Waals surface area contributed by atoms with Crippen molar-refractivity contribution < 1.29 is 28.8 Å². The topological polar surface area (TPSA) is 66.4 Å². The van der Waals surface area contributed by atoms with Crippen LogP contribution in [0.1, 0.15) is 25.7 Å². The Balaban J connectivity index is 1.59. The number of aliphatic hydroxyl groups is 1. The smallest absolute Gasteiger partial charge is 0.190 e. The highest BCUT2D eigenvalue weighted by atomic mass is 16.9. The van der Waals surface area contributed by atoms with Crippen molar-refractivity contribution in [3.05, 3.63) is 35.9 Å². The van der Waals surface area contributed by atoms with Gasteiger partial charge < -0.3 is 28.8 Å². The molecular weight excluding hydrogens is 288 g/mol. The first-order valence-corrected chi connectivity index (χ1v) is 7.55. The molecule has 3 saturated heterocycles. The predicted molar refractivity (Wildman–Crippen MR) is 74.7 cm³/mol. The van der Waals surface area contributed by atoms with E-state index in [4.69, 9.17) is 23.7 Å². The molecule has 1 N–H and O–H groups in total. The van der Waals surface area contributed by atoms with Gasteiger partial charge in [-0.1, -0.05) is 30.3 Å². The first kappa shape index (κ1) is 14.6. The van der Waals surface area contributed by atoms with Gasteiger partial charge in [0.1, 0.15) is 24.4 Å². The number of benzene rings is 1. The van der Waals surface area contributed by atoms with Crippen LogP contribution in [-0.2, 0) is 23.7 Å². The lowest BCUT2D eigenvalue weighted by Crippen LogP contribution is -2.50. The molecule has 0 aliphatic carbocycles. The Labute approximate surface area is 128 Å². The molecule has 1 aromatic carbocycles. The molecule has 3 fully saturated rings. The lowest BCUT2D eigenvalue weighted by molar-refractivity contribution is -0.313. The third-order valence-corrected chi connectivity index (χ3v) is 4.22. The van der Waals surface area contributed by atoms with E-state index in [1.54, 1.807) is 0 Å². The molecule has 6 heteroatoms. The second-order valence-electron chi connectivity index (χ2n) is 6.27. The van der Waals surface area contributed by atoms with Crippen LogP contribution in [0.4, 0.5) is 0 Å². The molecule has 0 spiro atoms. The Morgan fingerprint density at radius 2 is 1.73 bits per heavy atom. The maximum atomic E-state index is 9.63. The Morgan fingerprint density at radius 3 is 2.45 bits per heavy atom. The summed E-state index contributed by atoms with van der Waals surface area (Å²) >= 11 is 0. The third-order valence-electron chi connectivity index (χ3n) is 4.22. The average molecular weight is 308 g/mol. The number of rotatable bonds is 2. The van der Waals surface area contributed by atoms with E-state index in [9.17, 15) is 5.11 Å². The van der Waals surface area contributed by atoms with E-state index in [0.717, 1.165) is 5.56 Å². The summed E-state index contributed by atoms with van der Waals surface area (Å²) in [5, 5.41) is 9.63. The van der Waals surface area contributed by atoms with E-state index < -0.39 is 30.6 Å². The molecular formula is C16H20O6. The molecule has 0 saturated carbocycles. The zero-order valence-electron chi connectivity index (χ0n) is 12.5. The normalized spacial score (nSPS) is 42.9. The molecule has 0 amide bonds. The monoisotopic (exact) mass is 308 g/mol. The van der Waals surface area contributed by atoms with Gasteiger partial charge >= 0.3 is 0 Å². The van der Waals surface area contributed by atoms with Gasteiger partial charge in [0.2, 0.25) is 0 Å². The highest BCUT2D eigenvalue weighted by Crippen LogP contribution is 2.44. The largest absolute Gasteiger partial charge is 0.394 e. The number of hydrogen-bond acceptors (Lipinski definition) is 6. The van der Waals surface area contributed by atoms with Gasteiger partial charge in [-0.2, -0.15) is 0 Å². The number of ether oxygens (including phenoxy) is 5. The fourth-order valence-electron chi connectivity index (χ4n) is 3.28. The molecule has 3 aliphatic heterocycles. The summed E-state index contributed by atoms with van der Waals surface area (Å²) in [6.07, 6.45) is -2.54. The van der Waals surface area contributed by atoms with Crippen LogP contribution in [0.3, 0.4) is 0 Å². The van der Waals surface area contributed by atoms with Crippen molar-refractivity contribution in [1.29, 1.82) is 0 Å². The summed E-state index contributed by atoms with van der Waals surface area (Å²) in [7, 11) is 0. The fourth-order valence-corrected chi connectivity index (χ4v) is 3.28. The molecule has 4 rings (SSSR count). The Morgan fingerprint density at radius 1 is 0.955 bits per heavy atom. The van der Waals surface area contributed by atoms with Gasteiger partial charge in [-0.05, 0) is 13.8 Å². The van der Waals surface area contributed by atoms with Crippen molar-refractivity contribution in [3.63, 3.8) is 0 Å². The summed E-state index contributed by atoms with van der Waals surface area (Å²) in [6.45, 7) is 3.55. The van der Waals surface area contributed by atoms with E-state index in [2.05, 4.69) is 0 Å². The Hall–Kier alpha value is -1.02. The number of aliphatic hydroxyl groups excluding tert-OH is 1. The molecule has 0 aromatic heterocycles. The summed E-state index contributed by atoms with van der Waals surface area (Å²) in [4.78, 5) is 0. The number of hydrogen-bond donors (Lipinski definition) is 1. The van der Waals surface area contributed by atoms with Crippen LogP contribution >= 0.6 is 0 Å². The van der Waals surface area contributed by atoms with Crippen LogP contribution in [0.5, 0.6) is 0 Å². The molecule has 0 bridgehead atoms. The maximum absolute atomic E-state index is 9.63. The van der Waals surface area contributed by atoms with E-state index in [1.165, 1.54) is 0 Å². The summed E-state index contributed by atoms with van der Waals surface area (Å²) in [5.41, 5.74) is 0.904. The highest BCUT2D eigenvalue weighted by Gasteiger charge is 2.59. The molecule has 0 radical (unpaired) electrons. The predicted octanol–water partition coefficient (Wildman–Crippen LogP) is 1.34. The minimum Gasteiger partial charge on any atom is -0.394 e. The van der Waals surface area contributed by atoms with Crippen LogP contribution < -0.4 is 0 Å². The van der Waals surface area contributed by atoms with E-state index in [1.807, 2.05) is 44.2 Å². The van der Waals surface area contributed by atoms with Crippen LogP contribution in [-0.4, -0.2) is 48.2 Å². The zero-order valence-corrected chi connectivity index (χ0v) is 12.5. The molecule has 6 nitrogen and oxygen atoms in total. The minimum absolute atomic E-state index is 0.142. The first-order valence-electron chi connectivity index (χ1n) is 7.55. The Kier molecular flexibility index (Phi) is 3.48. The van der Waals surface area contributed by atoms with Crippen molar-refractivity contribution in [2.75, 3.05) is 6.61 Å². The van der Waals surface area contributed by atoms with Crippen molar-refractivity contribution in [2.45, 2.75) is 56.6 Å². The van der Waals surface area contributed by atoms with Gasteiger partial charge in [-0.15, -0.1) is 0 Å².